The SMILES string of the molecule is O=C(Cl)c1cc(S(=O)(=O)Cl)c(F)cc1F. The molecule has 0 saturated heterocycles. The van der Waals surface area contributed by atoms with Gasteiger partial charge in [-0.3, -0.25) is 4.79 Å². The van der Waals surface area contributed by atoms with E-state index in [9.17, 15) is 22.0 Å². The third-order valence-electron chi connectivity index (χ3n) is 1.50. The Balaban J connectivity index is 3.58. The third kappa shape index (κ3) is 2.64. The average Bonchev–Trinajstić information content (AvgIpc) is 2.00. The number of carbonyl (C=O) groups is 1. The van der Waals surface area contributed by atoms with Crippen LogP contribution in [0.3, 0.4) is 0 Å². The normalized spacial score (nSPS) is 11.5. The molecule has 0 aliphatic carbocycles. The Bertz CT molecular complexity index is 527. The van der Waals surface area contributed by atoms with Crippen LogP contribution >= 0.6 is 22.3 Å². The quantitative estimate of drug-likeness (QED) is 0.778. The molecule has 0 aromatic heterocycles. The number of halogens is 4. The highest BCUT2D eigenvalue weighted by molar-refractivity contribution is 8.13. The Morgan fingerprint density at radius 2 is 1.73 bits per heavy atom. The molecule has 1 rings (SSSR count). The number of hydrogen-bond acceptors (Lipinski definition) is 3. The Morgan fingerprint density at radius 3 is 2.13 bits per heavy atom. The van der Waals surface area contributed by atoms with Crippen LogP contribution in [0.15, 0.2) is 17.0 Å². The molecule has 0 radical (unpaired) electrons. The van der Waals surface area contributed by atoms with E-state index in [2.05, 4.69) is 0 Å². The van der Waals surface area contributed by atoms with Gasteiger partial charge in [0.15, 0.2) is 0 Å². The van der Waals surface area contributed by atoms with Crippen molar-refractivity contribution in [2.24, 2.45) is 0 Å². The first kappa shape index (κ1) is 12.4. The second-order valence-corrected chi connectivity index (χ2v) is 5.35. The van der Waals surface area contributed by atoms with Gasteiger partial charge >= 0.3 is 0 Å². The molecule has 1 aromatic rings. The maximum atomic E-state index is 12.9. The van der Waals surface area contributed by atoms with Gasteiger partial charge in [0, 0.05) is 16.7 Å². The molecule has 1 aromatic carbocycles. The van der Waals surface area contributed by atoms with Crippen LogP contribution in [-0.4, -0.2) is 13.7 Å². The lowest BCUT2D eigenvalue weighted by molar-refractivity contribution is 0.107. The van der Waals surface area contributed by atoms with Crippen LogP contribution in [0.25, 0.3) is 0 Å². The third-order valence-corrected chi connectivity index (χ3v) is 3.04. The van der Waals surface area contributed by atoms with E-state index >= 15 is 0 Å². The summed E-state index contributed by atoms with van der Waals surface area (Å²) < 4.78 is 47.4. The van der Waals surface area contributed by atoms with Crippen molar-refractivity contribution in [3.05, 3.63) is 29.3 Å². The summed E-state index contributed by atoms with van der Waals surface area (Å²) in [5.74, 6) is -2.64. The Hall–Kier alpha value is -0.720. The van der Waals surface area contributed by atoms with Crippen molar-refractivity contribution in [1.29, 1.82) is 0 Å². The first-order valence-corrected chi connectivity index (χ1v) is 6.05. The van der Waals surface area contributed by atoms with Crippen LogP contribution in [0, 0.1) is 11.6 Å². The fourth-order valence-electron chi connectivity index (χ4n) is 0.867. The minimum Gasteiger partial charge on any atom is -0.275 e. The number of benzene rings is 1. The van der Waals surface area contributed by atoms with E-state index in [1.807, 2.05) is 0 Å². The first-order valence-electron chi connectivity index (χ1n) is 3.37. The van der Waals surface area contributed by atoms with Gasteiger partial charge in [0.1, 0.15) is 16.5 Å². The minimum absolute atomic E-state index is 0.227. The van der Waals surface area contributed by atoms with Gasteiger partial charge in [0.2, 0.25) is 0 Å². The van der Waals surface area contributed by atoms with Gasteiger partial charge in [-0.25, -0.2) is 17.2 Å². The van der Waals surface area contributed by atoms with Gasteiger partial charge in [0.25, 0.3) is 14.3 Å². The highest BCUT2D eigenvalue weighted by Crippen LogP contribution is 2.23. The molecule has 0 spiro atoms. The molecular weight excluding hydrogens is 273 g/mol. The van der Waals surface area contributed by atoms with E-state index in [1.54, 1.807) is 0 Å². The highest BCUT2D eigenvalue weighted by Gasteiger charge is 2.21. The molecule has 82 valence electrons. The van der Waals surface area contributed by atoms with Crippen molar-refractivity contribution in [1.82, 2.24) is 0 Å². The van der Waals surface area contributed by atoms with Crippen molar-refractivity contribution in [2.75, 3.05) is 0 Å². The molecule has 0 amide bonds. The second-order valence-electron chi connectivity index (χ2n) is 2.47. The minimum atomic E-state index is -4.39. The summed E-state index contributed by atoms with van der Waals surface area (Å²) >= 11 is 4.94. The molecule has 15 heavy (non-hydrogen) atoms. The maximum absolute atomic E-state index is 12.9. The van der Waals surface area contributed by atoms with Gasteiger partial charge in [-0.05, 0) is 17.7 Å². The predicted octanol–water partition coefficient (Wildman–Crippen LogP) is 2.27. The predicted molar refractivity (Wildman–Crippen MR) is 49.6 cm³/mol. The van der Waals surface area contributed by atoms with Crippen LogP contribution in [0.2, 0.25) is 0 Å². The van der Waals surface area contributed by atoms with E-state index in [0.29, 0.717) is 6.07 Å². The monoisotopic (exact) mass is 274 g/mol. The van der Waals surface area contributed by atoms with Crippen molar-refractivity contribution in [2.45, 2.75) is 4.90 Å². The van der Waals surface area contributed by atoms with Crippen molar-refractivity contribution in [3.8, 4) is 0 Å². The zero-order chi connectivity index (χ0) is 11.8. The summed E-state index contributed by atoms with van der Waals surface area (Å²) in [6.45, 7) is 0. The fraction of sp³-hybridized carbons (Fsp3) is 0. The molecule has 0 aliphatic heterocycles. The van der Waals surface area contributed by atoms with Crippen LogP contribution in [0.1, 0.15) is 10.4 Å². The highest BCUT2D eigenvalue weighted by atomic mass is 35.7. The van der Waals surface area contributed by atoms with Crippen molar-refractivity contribution < 1.29 is 22.0 Å². The molecule has 3 nitrogen and oxygen atoms in total. The van der Waals surface area contributed by atoms with Crippen molar-refractivity contribution in [3.63, 3.8) is 0 Å². The fourth-order valence-corrected chi connectivity index (χ4v) is 1.92. The van der Waals surface area contributed by atoms with E-state index in [-0.39, 0.29) is 6.07 Å². The Labute approximate surface area is 93.0 Å². The standard InChI is InChI=1S/C7H2Cl2F2O3S/c8-7(12)3-1-6(15(9,13)14)5(11)2-4(3)10/h1-2H. The number of rotatable bonds is 2. The summed E-state index contributed by atoms with van der Waals surface area (Å²) in [6.07, 6.45) is 0. The number of hydrogen-bond donors (Lipinski definition) is 0. The largest absolute Gasteiger partial charge is 0.275 e. The molecule has 0 atom stereocenters. The van der Waals surface area contributed by atoms with Crippen LogP contribution in [0.4, 0.5) is 8.78 Å². The first-order chi connectivity index (χ1) is 6.73. The lowest BCUT2D eigenvalue weighted by atomic mass is 10.2. The lowest BCUT2D eigenvalue weighted by Gasteiger charge is -2.02. The molecule has 0 heterocycles. The average molecular weight is 275 g/mol. The molecule has 8 heteroatoms. The topological polar surface area (TPSA) is 51.2 Å². The van der Waals surface area contributed by atoms with Gasteiger partial charge in [0.05, 0.1) is 5.56 Å². The van der Waals surface area contributed by atoms with E-state index in [4.69, 9.17) is 22.3 Å². The maximum Gasteiger partial charge on any atom is 0.264 e. The van der Waals surface area contributed by atoms with Gasteiger partial charge < -0.3 is 0 Å². The lowest BCUT2D eigenvalue weighted by Crippen LogP contribution is -2.02. The van der Waals surface area contributed by atoms with Crippen molar-refractivity contribution >= 4 is 36.6 Å². The van der Waals surface area contributed by atoms with Gasteiger partial charge in [-0.1, -0.05) is 0 Å². The zero-order valence-electron chi connectivity index (χ0n) is 6.80. The second kappa shape index (κ2) is 4.03. The zero-order valence-corrected chi connectivity index (χ0v) is 9.13. The summed E-state index contributed by atoms with van der Waals surface area (Å²) in [6, 6.07) is 0.674. The number of carbonyl (C=O) groups excluding carboxylic acids is 1. The molecule has 0 saturated carbocycles. The molecule has 0 unspecified atom stereocenters. The van der Waals surface area contributed by atoms with Gasteiger partial charge in [-0.15, -0.1) is 0 Å². The molecular formula is C7H2Cl2F2O3S. The van der Waals surface area contributed by atoms with Gasteiger partial charge in [-0.2, -0.15) is 0 Å². The smallest absolute Gasteiger partial charge is 0.264 e. The summed E-state index contributed by atoms with van der Waals surface area (Å²) in [7, 11) is 0.462. The molecule has 0 N–H and O–H groups in total. The van der Waals surface area contributed by atoms with Crippen LogP contribution < -0.4 is 0 Å². The van der Waals surface area contributed by atoms with E-state index in [1.165, 1.54) is 0 Å². The van der Waals surface area contributed by atoms with Crippen LogP contribution in [0.5, 0.6) is 0 Å². The Morgan fingerprint density at radius 1 is 1.20 bits per heavy atom. The Kier molecular flexibility index (Phi) is 3.32. The molecule has 0 fully saturated rings. The molecule has 0 bridgehead atoms. The summed E-state index contributed by atoms with van der Waals surface area (Å²) in [4.78, 5) is 9.63. The van der Waals surface area contributed by atoms with E-state index in [0.717, 1.165) is 0 Å². The summed E-state index contributed by atoms with van der Waals surface area (Å²) in [5, 5.41) is -1.24. The van der Waals surface area contributed by atoms with Crippen LogP contribution in [-0.2, 0) is 9.05 Å². The molecule has 0 aliphatic rings. The van der Waals surface area contributed by atoms with E-state index < -0.39 is 36.4 Å². The summed E-state index contributed by atoms with van der Waals surface area (Å²) in [5.41, 5.74) is -0.753.